The summed E-state index contributed by atoms with van der Waals surface area (Å²) >= 11 is 0. The largest absolute Gasteiger partial charge is 0.454 e. The number of carbonyl (C=O) groups excluding carboxylic acids is 2. The highest BCUT2D eigenvalue weighted by atomic mass is 16.7. The molecule has 462 valence electrons. The molecule has 6 N–H and O–H groups in total. The van der Waals surface area contributed by atoms with Crippen molar-refractivity contribution in [3.05, 3.63) is 48.6 Å². The van der Waals surface area contributed by atoms with E-state index < -0.39 is 67.4 Å². The minimum Gasteiger partial charge on any atom is -0.454 e. The zero-order valence-electron chi connectivity index (χ0n) is 51.2. The van der Waals surface area contributed by atoms with Crippen molar-refractivity contribution in [1.82, 2.24) is 5.32 Å². The van der Waals surface area contributed by atoms with Gasteiger partial charge in [0.2, 0.25) is 5.91 Å². The van der Waals surface area contributed by atoms with Crippen LogP contribution < -0.4 is 5.32 Å². The first-order valence-corrected chi connectivity index (χ1v) is 33.4. The maximum atomic E-state index is 13.4. The van der Waals surface area contributed by atoms with E-state index >= 15 is 0 Å². The fraction of sp³-hybridized carbons (Fsp3) is 0.853. The summed E-state index contributed by atoms with van der Waals surface area (Å²) in [5.41, 5.74) is 0. The van der Waals surface area contributed by atoms with E-state index in [1.54, 1.807) is 6.08 Å². The van der Waals surface area contributed by atoms with Gasteiger partial charge in [0.1, 0.15) is 24.4 Å². The quantitative estimate of drug-likeness (QED) is 0.0149. The van der Waals surface area contributed by atoms with Crippen LogP contribution in [0.4, 0.5) is 0 Å². The van der Waals surface area contributed by atoms with Gasteiger partial charge in [0.05, 0.1) is 25.4 Å². The SMILES string of the molecule is CC/C=C/C=C/C=C\CCCCCCC(O)C(=O)NC(COC1OC(CO)C(O)C(O)C1OC(=O)CCCCCCCCCCCCCCCCCCCCCCCCCCCCC)C(O)/C=C/CCCCCCCCCCC. The molecule has 1 saturated heterocycles. The van der Waals surface area contributed by atoms with Crippen molar-refractivity contribution >= 4 is 11.9 Å². The molecule has 79 heavy (non-hydrogen) atoms. The van der Waals surface area contributed by atoms with E-state index in [2.05, 4.69) is 38.2 Å². The highest BCUT2D eigenvalue weighted by Gasteiger charge is 2.47. The molecule has 0 aromatic rings. The van der Waals surface area contributed by atoms with Gasteiger partial charge in [0.25, 0.3) is 0 Å². The smallest absolute Gasteiger partial charge is 0.306 e. The summed E-state index contributed by atoms with van der Waals surface area (Å²) < 4.78 is 17.6. The second-order valence-corrected chi connectivity index (χ2v) is 23.2. The summed E-state index contributed by atoms with van der Waals surface area (Å²) in [5, 5.41) is 56.9. The van der Waals surface area contributed by atoms with Crippen LogP contribution in [0.2, 0.25) is 0 Å². The predicted octanol–water partition coefficient (Wildman–Crippen LogP) is 16.4. The number of hydrogen-bond donors (Lipinski definition) is 6. The molecule has 8 atom stereocenters. The Kier molecular flexibility index (Phi) is 53.0. The standard InChI is InChI=1S/C68H125NO10/c1-4-7-10-13-16-19-22-24-25-26-27-28-29-30-31-32-33-34-35-36-37-38-41-44-47-50-53-56-63(73)79-66-65(75)64(74)62(57-70)78-68(66)77-58-59(60(71)54-51-48-45-42-39-21-18-15-12-9-6-3)69-67(76)61(72)55-52-49-46-43-40-23-20-17-14-11-8-5-2/h8,11,14,17,20,23,51,54,59-62,64-66,68,70-72,74-75H,4-7,9-10,12-13,15-16,18-19,21-22,24-50,52-53,55-58H2,1-3H3,(H,69,76)/b11-8+,17-14+,23-20-,54-51+. The number of aliphatic hydroxyl groups excluding tert-OH is 5. The Morgan fingerprint density at radius 2 is 0.911 bits per heavy atom. The van der Waals surface area contributed by atoms with Gasteiger partial charge in [-0.25, -0.2) is 0 Å². The number of aliphatic hydroxyl groups is 5. The molecule has 0 aromatic heterocycles. The Morgan fingerprint density at radius 1 is 0.506 bits per heavy atom. The Labute approximate surface area is 485 Å². The Bertz CT molecular complexity index is 1470. The number of esters is 1. The van der Waals surface area contributed by atoms with Gasteiger partial charge < -0.3 is 45.1 Å². The molecule has 1 amide bonds. The van der Waals surface area contributed by atoms with E-state index in [0.717, 1.165) is 70.6 Å². The van der Waals surface area contributed by atoms with E-state index in [0.29, 0.717) is 12.8 Å². The van der Waals surface area contributed by atoms with Crippen molar-refractivity contribution in [2.75, 3.05) is 13.2 Å². The van der Waals surface area contributed by atoms with E-state index in [-0.39, 0.29) is 19.4 Å². The van der Waals surface area contributed by atoms with Crippen molar-refractivity contribution in [3.8, 4) is 0 Å². The van der Waals surface area contributed by atoms with Gasteiger partial charge >= 0.3 is 5.97 Å². The lowest BCUT2D eigenvalue weighted by atomic mass is 9.99. The molecule has 0 aliphatic carbocycles. The molecule has 0 aromatic carbocycles. The van der Waals surface area contributed by atoms with Crippen molar-refractivity contribution in [2.45, 2.75) is 359 Å². The molecule has 8 unspecified atom stereocenters. The Morgan fingerprint density at radius 3 is 1.35 bits per heavy atom. The van der Waals surface area contributed by atoms with Gasteiger partial charge in [-0.1, -0.05) is 307 Å². The van der Waals surface area contributed by atoms with Crippen molar-refractivity contribution < 1.29 is 49.3 Å². The lowest BCUT2D eigenvalue weighted by molar-refractivity contribution is -0.305. The first kappa shape index (κ1) is 74.6. The lowest BCUT2D eigenvalue weighted by Gasteiger charge is -2.41. The molecular weight excluding hydrogens is 991 g/mol. The van der Waals surface area contributed by atoms with Crippen LogP contribution in [0.5, 0.6) is 0 Å². The van der Waals surface area contributed by atoms with Gasteiger partial charge in [0.15, 0.2) is 12.4 Å². The number of unbranched alkanes of at least 4 members (excludes halogenated alkanes) is 39. The molecule has 11 heteroatoms. The summed E-state index contributed by atoms with van der Waals surface area (Å²) in [6.07, 6.45) is 59.0. The zero-order chi connectivity index (χ0) is 57.5. The van der Waals surface area contributed by atoms with Gasteiger partial charge in [-0.15, -0.1) is 0 Å². The zero-order valence-corrected chi connectivity index (χ0v) is 51.2. The summed E-state index contributed by atoms with van der Waals surface area (Å²) in [6.45, 7) is 5.66. The second kappa shape index (κ2) is 56.1. The van der Waals surface area contributed by atoms with Crippen LogP contribution in [0.15, 0.2) is 48.6 Å². The number of carbonyl (C=O) groups is 2. The van der Waals surface area contributed by atoms with E-state index in [4.69, 9.17) is 14.2 Å². The second-order valence-electron chi connectivity index (χ2n) is 23.2. The third kappa shape index (κ3) is 43.9. The lowest BCUT2D eigenvalue weighted by Crippen LogP contribution is -2.61. The first-order valence-electron chi connectivity index (χ1n) is 33.4. The highest BCUT2D eigenvalue weighted by molar-refractivity contribution is 5.80. The molecule has 0 radical (unpaired) electrons. The molecule has 0 saturated carbocycles. The molecule has 0 spiro atoms. The normalized spacial score (nSPS) is 19.1. The molecular formula is C68H125NO10. The minimum absolute atomic E-state index is 0.125. The predicted molar refractivity (Wildman–Crippen MR) is 329 cm³/mol. The minimum atomic E-state index is -1.62. The fourth-order valence-electron chi connectivity index (χ4n) is 10.5. The van der Waals surface area contributed by atoms with Crippen LogP contribution in [0.3, 0.4) is 0 Å². The molecule has 1 heterocycles. The Hall–Kier alpha value is -2.38. The van der Waals surface area contributed by atoms with Crippen LogP contribution in [-0.2, 0) is 23.8 Å². The third-order valence-electron chi connectivity index (χ3n) is 15.8. The maximum Gasteiger partial charge on any atom is 0.306 e. The van der Waals surface area contributed by atoms with Gasteiger partial charge in [-0.05, 0) is 44.9 Å². The van der Waals surface area contributed by atoms with Gasteiger partial charge in [0, 0.05) is 6.42 Å². The number of nitrogens with one attached hydrogen (secondary N) is 1. The van der Waals surface area contributed by atoms with Gasteiger partial charge in [-0.2, -0.15) is 0 Å². The molecule has 11 nitrogen and oxygen atoms in total. The van der Waals surface area contributed by atoms with Crippen molar-refractivity contribution in [3.63, 3.8) is 0 Å². The van der Waals surface area contributed by atoms with Crippen LogP contribution in [-0.4, -0.2) is 99.6 Å². The fourth-order valence-corrected chi connectivity index (χ4v) is 10.5. The summed E-state index contributed by atoms with van der Waals surface area (Å²) in [4.78, 5) is 26.5. The van der Waals surface area contributed by atoms with Crippen LogP contribution >= 0.6 is 0 Å². The highest BCUT2D eigenvalue weighted by Crippen LogP contribution is 2.26. The third-order valence-corrected chi connectivity index (χ3v) is 15.8. The van der Waals surface area contributed by atoms with E-state index in [1.165, 1.54) is 193 Å². The number of rotatable bonds is 57. The monoisotopic (exact) mass is 1120 g/mol. The molecule has 1 fully saturated rings. The summed E-state index contributed by atoms with van der Waals surface area (Å²) in [7, 11) is 0. The topological polar surface area (TPSA) is 175 Å². The average Bonchev–Trinajstić information content (AvgIpc) is 3.44. The summed E-state index contributed by atoms with van der Waals surface area (Å²) in [6, 6.07) is -1.03. The van der Waals surface area contributed by atoms with E-state index in [1.807, 2.05) is 30.4 Å². The van der Waals surface area contributed by atoms with Gasteiger partial charge in [-0.3, -0.25) is 9.59 Å². The molecule has 1 aliphatic heterocycles. The van der Waals surface area contributed by atoms with Crippen LogP contribution in [0, 0.1) is 0 Å². The van der Waals surface area contributed by atoms with Crippen molar-refractivity contribution in [2.24, 2.45) is 0 Å². The van der Waals surface area contributed by atoms with Crippen molar-refractivity contribution in [1.29, 1.82) is 0 Å². The molecule has 1 rings (SSSR count). The average molecular weight is 1120 g/mol. The van der Waals surface area contributed by atoms with Crippen LogP contribution in [0.25, 0.3) is 0 Å². The number of hydrogen-bond acceptors (Lipinski definition) is 10. The van der Waals surface area contributed by atoms with Crippen LogP contribution in [0.1, 0.15) is 310 Å². The molecule has 1 aliphatic rings. The van der Waals surface area contributed by atoms with E-state index in [9.17, 15) is 35.1 Å². The summed E-state index contributed by atoms with van der Waals surface area (Å²) in [5.74, 6) is -1.21. The molecule has 0 bridgehead atoms. The first-order chi connectivity index (χ1) is 38.7. The number of ether oxygens (including phenoxy) is 3. The number of allylic oxidation sites excluding steroid dienone is 7. The number of amides is 1. The maximum absolute atomic E-state index is 13.4. The Balaban J connectivity index is 2.51.